The van der Waals surface area contributed by atoms with Gasteiger partial charge in [-0.25, -0.2) is 0 Å². The molecule has 3 aliphatic rings. The molecule has 3 rings (SSSR count). The van der Waals surface area contributed by atoms with E-state index in [0.717, 1.165) is 32.3 Å². The molecular formula is C14H23NO3S. The molecule has 3 saturated heterocycles. The molecule has 0 aromatic carbocycles. The van der Waals surface area contributed by atoms with Crippen molar-refractivity contribution < 1.29 is 14.6 Å². The minimum Gasteiger partial charge on any atom is -0.480 e. The van der Waals surface area contributed by atoms with Crippen molar-refractivity contribution in [2.75, 3.05) is 18.1 Å². The molecule has 1 spiro atoms. The lowest BCUT2D eigenvalue weighted by atomic mass is 9.78. The minimum atomic E-state index is -0.696. The maximum absolute atomic E-state index is 11.0. The molecule has 3 aliphatic heterocycles. The predicted octanol–water partition coefficient (Wildman–Crippen LogP) is 1.88. The highest BCUT2D eigenvalue weighted by Crippen LogP contribution is 2.42. The molecule has 3 atom stereocenters. The van der Waals surface area contributed by atoms with Crippen molar-refractivity contribution >= 4 is 17.7 Å². The Kier molecular flexibility index (Phi) is 4.06. The predicted molar refractivity (Wildman–Crippen MR) is 75.5 cm³/mol. The van der Waals surface area contributed by atoms with E-state index in [1.54, 1.807) is 0 Å². The van der Waals surface area contributed by atoms with E-state index in [9.17, 15) is 4.79 Å². The smallest absolute Gasteiger partial charge is 0.320 e. The standard InChI is InChI=1S/C14H23NO3S/c16-13(17)12-2-1-11(15-12)10-3-6-18-14(9-10)4-7-19-8-5-14/h10-12,15H,1-9H2,(H,16,17). The summed E-state index contributed by atoms with van der Waals surface area (Å²) in [6, 6.07) is 0.0576. The van der Waals surface area contributed by atoms with E-state index in [4.69, 9.17) is 9.84 Å². The number of carboxylic acid groups (broad SMARTS) is 1. The normalized spacial score (nSPS) is 38.4. The number of nitrogens with one attached hydrogen (secondary N) is 1. The van der Waals surface area contributed by atoms with E-state index in [0.29, 0.717) is 12.0 Å². The number of aliphatic carboxylic acids is 1. The maximum Gasteiger partial charge on any atom is 0.320 e. The molecule has 0 amide bonds. The van der Waals surface area contributed by atoms with Gasteiger partial charge in [0.2, 0.25) is 0 Å². The van der Waals surface area contributed by atoms with E-state index in [-0.39, 0.29) is 11.6 Å². The topological polar surface area (TPSA) is 58.6 Å². The van der Waals surface area contributed by atoms with Crippen LogP contribution in [0.5, 0.6) is 0 Å². The number of thioether (sulfide) groups is 1. The van der Waals surface area contributed by atoms with Crippen LogP contribution in [0.2, 0.25) is 0 Å². The molecule has 0 aromatic rings. The Morgan fingerprint density at radius 1 is 1.26 bits per heavy atom. The Morgan fingerprint density at radius 3 is 2.74 bits per heavy atom. The largest absolute Gasteiger partial charge is 0.480 e. The third-order valence-electron chi connectivity index (χ3n) is 4.98. The van der Waals surface area contributed by atoms with Crippen LogP contribution in [0.25, 0.3) is 0 Å². The molecule has 3 heterocycles. The van der Waals surface area contributed by atoms with Crippen molar-refractivity contribution in [3.8, 4) is 0 Å². The average molecular weight is 285 g/mol. The summed E-state index contributed by atoms with van der Waals surface area (Å²) in [4.78, 5) is 11.0. The third kappa shape index (κ3) is 2.93. The minimum absolute atomic E-state index is 0.108. The summed E-state index contributed by atoms with van der Waals surface area (Å²) in [7, 11) is 0. The molecule has 0 radical (unpaired) electrons. The zero-order valence-corrected chi connectivity index (χ0v) is 12.1. The van der Waals surface area contributed by atoms with E-state index < -0.39 is 5.97 Å². The number of hydrogen-bond acceptors (Lipinski definition) is 4. The van der Waals surface area contributed by atoms with Crippen LogP contribution in [-0.2, 0) is 9.53 Å². The zero-order valence-electron chi connectivity index (χ0n) is 11.3. The van der Waals surface area contributed by atoms with Crippen molar-refractivity contribution in [2.24, 2.45) is 5.92 Å². The zero-order chi connectivity index (χ0) is 13.3. The van der Waals surface area contributed by atoms with Crippen LogP contribution in [0, 0.1) is 5.92 Å². The second kappa shape index (κ2) is 5.62. The number of carbonyl (C=O) groups is 1. The highest BCUT2D eigenvalue weighted by atomic mass is 32.2. The van der Waals surface area contributed by atoms with Crippen LogP contribution in [-0.4, -0.2) is 46.9 Å². The molecule has 5 heteroatoms. The Labute approximate surface area is 118 Å². The number of hydrogen-bond donors (Lipinski definition) is 2. The van der Waals surface area contributed by atoms with Gasteiger partial charge in [0.25, 0.3) is 0 Å². The van der Waals surface area contributed by atoms with Crippen LogP contribution in [0.15, 0.2) is 0 Å². The second-order valence-corrected chi connectivity index (χ2v) is 7.36. The third-order valence-corrected chi connectivity index (χ3v) is 5.97. The Bertz CT molecular complexity index is 338. The van der Waals surface area contributed by atoms with Crippen molar-refractivity contribution in [3.63, 3.8) is 0 Å². The van der Waals surface area contributed by atoms with E-state index in [2.05, 4.69) is 5.32 Å². The lowest BCUT2D eigenvalue weighted by Gasteiger charge is -2.45. The molecule has 3 fully saturated rings. The summed E-state index contributed by atoms with van der Waals surface area (Å²) >= 11 is 2.03. The van der Waals surface area contributed by atoms with Crippen molar-refractivity contribution in [1.29, 1.82) is 0 Å². The Hall–Kier alpha value is -0.260. The Balaban J connectivity index is 1.61. The van der Waals surface area contributed by atoms with E-state index >= 15 is 0 Å². The molecule has 3 unspecified atom stereocenters. The summed E-state index contributed by atoms with van der Waals surface area (Å²) in [5, 5.41) is 12.4. The summed E-state index contributed by atoms with van der Waals surface area (Å²) in [5.41, 5.74) is 0.108. The summed E-state index contributed by atoms with van der Waals surface area (Å²) in [6.45, 7) is 0.852. The van der Waals surface area contributed by atoms with Crippen LogP contribution >= 0.6 is 11.8 Å². The summed E-state index contributed by atoms with van der Waals surface area (Å²) < 4.78 is 6.11. The van der Waals surface area contributed by atoms with Gasteiger partial charge >= 0.3 is 5.97 Å². The monoisotopic (exact) mass is 285 g/mol. The molecule has 108 valence electrons. The highest BCUT2D eigenvalue weighted by molar-refractivity contribution is 7.99. The maximum atomic E-state index is 11.0. The summed E-state index contributed by atoms with van der Waals surface area (Å²) in [6.07, 6.45) is 6.33. The molecule has 0 aliphatic carbocycles. The van der Waals surface area contributed by atoms with Gasteiger partial charge in [0.1, 0.15) is 6.04 Å². The van der Waals surface area contributed by atoms with Crippen molar-refractivity contribution in [2.45, 2.75) is 56.2 Å². The molecular weight excluding hydrogens is 262 g/mol. The number of rotatable bonds is 2. The quantitative estimate of drug-likeness (QED) is 0.811. The van der Waals surface area contributed by atoms with Crippen LogP contribution < -0.4 is 5.32 Å². The van der Waals surface area contributed by atoms with Gasteiger partial charge in [-0.2, -0.15) is 11.8 Å². The SMILES string of the molecule is O=C(O)C1CCC(C2CCOC3(CCSCC3)C2)N1. The molecule has 0 bridgehead atoms. The van der Waals surface area contributed by atoms with Crippen LogP contribution in [0.3, 0.4) is 0 Å². The summed E-state index contributed by atoms with van der Waals surface area (Å²) in [5.74, 6) is 2.32. The molecule has 19 heavy (non-hydrogen) atoms. The van der Waals surface area contributed by atoms with Crippen molar-refractivity contribution in [3.05, 3.63) is 0 Å². The Morgan fingerprint density at radius 2 is 2.05 bits per heavy atom. The van der Waals surface area contributed by atoms with Crippen LogP contribution in [0.4, 0.5) is 0 Å². The second-order valence-electron chi connectivity index (χ2n) is 6.14. The fourth-order valence-electron chi connectivity index (χ4n) is 3.84. The molecule has 0 aromatic heterocycles. The first kappa shape index (κ1) is 13.7. The van der Waals surface area contributed by atoms with Crippen LogP contribution in [0.1, 0.15) is 38.5 Å². The molecule has 0 saturated carbocycles. The van der Waals surface area contributed by atoms with Gasteiger partial charge < -0.3 is 15.2 Å². The van der Waals surface area contributed by atoms with E-state index in [1.165, 1.54) is 24.3 Å². The lowest BCUT2D eigenvalue weighted by Crippen LogP contribution is -2.48. The fraction of sp³-hybridized carbons (Fsp3) is 0.929. The van der Waals surface area contributed by atoms with Gasteiger partial charge in [0, 0.05) is 12.6 Å². The first-order chi connectivity index (χ1) is 9.19. The van der Waals surface area contributed by atoms with E-state index in [1.807, 2.05) is 11.8 Å². The fourth-order valence-corrected chi connectivity index (χ4v) is 5.08. The first-order valence-electron chi connectivity index (χ1n) is 7.39. The lowest BCUT2D eigenvalue weighted by molar-refractivity contribution is -0.139. The number of ether oxygens (including phenoxy) is 1. The van der Waals surface area contributed by atoms with Gasteiger partial charge in [-0.3, -0.25) is 4.79 Å². The van der Waals surface area contributed by atoms with Crippen molar-refractivity contribution in [1.82, 2.24) is 5.32 Å². The molecule has 4 nitrogen and oxygen atoms in total. The average Bonchev–Trinajstić information content (AvgIpc) is 2.89. The van der Waals surface area contributed by atoms with Gasteiger partial charge in [0.05, 0.1) is 5.60 Å². The van der Waals surface area contributed by atoms with Gasteiger partial charge in [-0.15, -0.1) is 0 Å². The van der Waals surface area contributed by atoms with Gasteiger partial charge in [-0.05, 0) is 55.9 Å². The van der Waals surface area contributed by atoms with Gasteiger partial charge in [-0.1, -0.05) is 0 Å². The molecule has 2 N–H and O–H groups in total. The number of carboxylic acids is 1. The highest BCUT2D eigenvalue weighted by Gasteiger charge is 2.43. The first-order valence-corrected chi connectivity index (χ1v) is 8.55. The van der Waals surface area contributed by atoms with Gasteiger partial charge in [0.15, 0.2) is 0 Å².